The Morgan fingerprint density at radius 3 is 2.62 bits per heavy atom. The molecule has 1 aromatic carbocycles. The van der Waals surface area contributed by atoms with E-state index in [1.807, 2.05) is 44.3 Å². The molecule has 1 fully saturated rings. The van der Waals surface area contributed by atoms with E-state index < -0.39 is 0 Å². The molecule has 29 heavy (non-hydrogen) atoms. The monoisotopic (exact) mass is 418 g/mol. The highest BCUT2D eigenvalue weighted by atomic mass is 32.2. The Balaban J connectivity index is 0.000000426. The van der Waals surface area contributed by atoms with Gasteiger partial charge in [0.25, 0.3) is 5.91 Å². The number of anilines is 1. The molecule has 0 saturated carbocycles. The van der Waals surface area contributed by atoms with E-state index >= 15 is 0 Å². The number of thioether (sulfide) groups is 1. The first kappa shape index (κ1) is 23.1. The zero-order chi connectivity index (χ0) is 21.1. The van der Waals surface area contributed by atoms with Gasteiger partial charge in [-0.2, -0.15) is 0 Å². The van der Waals surface area contributed by atoms with Gasteiger partial charge in [-0.05, 0) is 37.8 Å². The Bertz CT molecular complexity index is 749. The molecule has 1 aromatic rings. The molecule has 1 amide bonds. The van der Waals surface area contributed by atoms with Gasteiger partial charge in [0.15, 0.2) is 0 Å². The third-order valence-corrected chi connectivity index (χ3v) is 5.82. The quantitative estimate of drug-likeness (QED) is 0.718. The van der Waals surface area contributed by atoms with Crippen LogP contribution in [0.2, 0.25) is 0 Å². The zero-order valence-corrected chi connectivity index (χ0v) is 18.3. The maximum absolute atomic E-state index is 12.7. The summed E-state index contributed by atoms with van der Waals surface area (Å²) in [6, 6.07) is 7.36. The summed E-state index contributed by atoms with van der Waals surface area (Å²) in [5, 5.41) is 6.04. The van der Waals surface area contributed by atoms with Gasteiger partial charge in [-0.1, -0.05) is 23.9 Å². The molecule has 2 unspecified atom stereocenters. The molecule has 2 atom stereocenters. The summed E-state index contributed by atoms with van der Waals surface area (Å²) in [6.07, 6.45) is 3.62. The fraction of sp³-hybridized carbons (Fsp3) is 0.476. The lowest BCUT2D eigenvalue weighted by atomic mass is 10.0. The van der Waals surface area contributed by atoms with E-state index in [1.165, 1.54) is 11.8 Å². The number of ether oxygens (including phenoxy) is 2. The molecule has 2 aliphatic heterocycles. The Morgan fingerprint density at radius 2 is 2.07 bits per heavy atom. The van der Waals surface area contributed by atoms with Crippen LogP contribution in [0.15, 0.2) is 44.7 Å². The highest BCUT2D eigenvalue weighted by Gasteiger charge is 2.35. The van der Waals surface area contributed by atoms with Crippen molar-refractivity contribution in [1.82, 2.24) is 5.32 Å². The van der Waals surface area contributed by atoms with Crippen molar-refractivity contribution in [3.63, 3.8) is 0 Å². The van der Waals surface area contributed by atoms with Gasteiger partial charge >= 0.3 is 0 Å². The SMILES string of the molecule is C/C=N/C1SC(C(=O)Nc2ccccc2OC)=C(C)C1C=NC.C1COCCN1. The van der Waals surface area contributed by atoms with Crippen LogP contribution in [0.1, 0.15) is 13.8 Å². The van der Waals surface area contributed by atoms with Crippen molar-refractivity contribution >= 4 is 35.8 Å². The predicted molar refractivity (Wildman–Crippen MR) is 121 cm³/mol. The molecule has 3 rings (SSSR count). The number of morpholine rings is 1. The molecule has 1 saturated heterocycles. The molecule has 2 heterocycles. The number of benzene rings is 1. The second-order valence-corrected chi connectivity index (χ2v) is 7.50. The lowest BCUT2D eigenvalue weighted by molar-refractivity contribution is -0.112. The van der Waals surface area contributed by atoms with E-state index in [2.05, 4.69) is 20.6 Å². The summed E-state index contributed by atoms with van der Waals surface area (Å²) in [4.78, 5) is 21.9. The molecule has 2 N–H and O–H groups in total. The molecule has 0 bridgehead atoms. The topological polar surface area (TPSA) is 84.3 Å². The van der Waals surface area contributed by atoms with Crippen LogP contribution in [0.25, 0.3) is 0 Å². The number of carbonyl (C=O) groups is 1. The van der Waals surface area contributed by atoms with Crippen molar-refractivity contribution in [2.75, 3.05) is 45.8 Å². The van der Waals surface area contributed by atoms with Crippen LogP contribution in [-0.4, -0.2) is 64.2 Å². The van der Waals surface area contributed by atoms with Crippen molar-refractivity contribution in [3.05, 3.63) is 34.7 Å². The van der Waals surface area contributed by atoms with Crippen LogP contribution >= 0.6 is 11.8 Å². The molecular formula is C21H30N4O3S. The highest BCUT2D eigenvalue weighted by molar-refractivity contribution is 8.04. The smallest absolute Gasteiger partial charge is 0.262 e. The van der Waals surface area contributed by atoms with Gasteiger partial charge in [0.1, 0.15) is 11.1 Å². The molecule has 7 nitrogen and oxygen atoms in total. The third-order valence-electron chi connectivity index (χ3n) is 4.42. The minimum Gasteiger partial charge on any atom is -0.495 e. The largest absolute Gasteiger partial charge is 0.495 e. The number of methoxy groups -OCH3 is 1. The number of rotatable bonds is 5. The normalized spacial score (nSPS) is 21.9. The predicted octanol–water partition coefficient (Wildman–Crippen LogP) is 2.99. The third kappa shape index (κ3) is 6.69. The number of aliphatic imine (C=N–C) groups is 2. The summed E-state index contributed by atoms with van der Waals surface area (Å²) in [5.41, 5.74) is 1.65. The Morgan fingerprint density at radius 1 is 1.34 bits per heavy atom. The molecule has 158 valence electrons. The van der Waals surface area contributed by atoms with Crippen LogP contribution in [0, 0.1) is 5.92 Å². The molecule has 0 aliphatic carbocycles. The second-order valence-electron chi connectivity index (χ2n) is 6.38. The van der Waals surface area contributed by atoms with E-state index in [-0.39, 0.29) is 17.2 Å². The van der Waals surface area contributed by atoms with Gasteiger partial charge in [0.2, 0.25) is 0 Å². The summed E-state index contributed by atoms with van der Waals surface area (Å²) in [5.74, 6) is 0.539. The lowest BCUT2D eigenvalue weighted by Crippen LogP contribution is -2.30. The highest BCUT2D eigenvalue weighted by Crippen LogP contribution is 2.42. The molecular weight excluding hydrogens is 388 g/mol. The Hall–Kier alpha value is -2.16. The van der Waals surface area contributed by atoms with Crippen LogP contribution in [-0.2, 0) is 9.53 Å². The molecule has 2 aliphatic rings. The fourth-order valence-electron chi connectivity index (χ4n) is 2.94. The number of nitrogens with zero attached hydrogens (tertiary/aromatic N) is 2. The average Bonchev–Trinajstić information content (AvgIpc) is 3.06. The molecule has 8 heteroatoms. The number of nitrogens with one attached hydrogen (secondary N) is 2. The van der Waals surface area contributed by atoms with Crippen molar-refractivity contribution in [1.29, 1.82) is 0 Å². The molecule has 0 aromatic heterocycles. The van der Waals surface area contributed by atoms with Crippen LogP contribution in [0.3, 0.4) is 0 Å². The Labute approximate surface area is 177 Å². The minimum absolute atomic E-state index is 0.0397. The standard InChI is InChI=1S/C17H21N3O2S.C4H9NO/c1-5-19-17-12(10-18-3)11(2)15(23-17)16(21)20-13-8-6-7-9-14(13)22-4;1-3-6-4-2-5-1/h5-10,12,17H,1-4H3,(H,20,21);5H,1-4H2/b18-10?,19-5+;. The minimum atomic E-state index is -0.139. The van der Waals surface area contributed by atoms with Crippen molar-refractivity contribution < 1.29 is 14.3 Å². The molecule has 0 spiro atoms. The molecule has 0 radical (unpaired) electrons. The average molecular weight is 419 g/mol. The maximum Gasteiger partial charge on any atom is 0.262 e. The first-order valence-electron chi connectivity index (χ1n) is 9.62. The first-order chi connectivity index (χ1) is 14.1. The van der Waals surface area contributed by atoms with E-state index in [1.54, 1.807) is 20.4 Å². The Kier molecular flexibility index (Phi) is 9.90. The van der Waals surface area contributed by atoms with Gasteiger partial charge in [-0.25, -0.2) is 0 Å². The first-order valence-corrected chi connectivity index (χ1v) is 10.5. The number of carbonyl (C=O) groups excluding carboxylic acids is 1. The summed E-state index contributed by atoms with van der Waals surface area (Å²) >= 11 is 1.47. The van der Waals surface area contributed by atoms with Gasteiger partial charge in [0.05, 0.1) is 30.9 Å². The van der Waals surface area contributed by atoms with Crippen LogP contribution in [0.4, 0.5) is 5.69 Å². The van der Waals surface area contributed by atoms with Crippen molar-refractivity contribution in [3.8, 4) is 5.75 Å². The van der Waals surface area contributed by atoms with Gasteiger partial charge in [-0.15, -0.1) is 0 Å². The number of hydrogen-bond donors (Lipinski definition) is 2. The summed E-state index contributed by atoms with van der Waals surface area (Å²) in [6.45, 7) is 7.67. The number of para-hydroxylation sites is 2. The second kappa shape index (κ2) is 12.4. The van der Waals surface area contributed by atoms with Crippen molar-refractivity contribution in [2.45, 2.75) is 19.2 Å². The van der Waals surface area contributed by atoms with Crippen molar-refractivity contribution in [2.24, 2.45) is 15.9 Å². The number of amides is 1. The summed E-state index contributed by atoms with van der Waals surface area (Å²) in [7, 11) is 3.32. The summed E-state index contributed by atoms with van der Waals surface area (Å²) < 4.78 is 10.3. The van der Waals surface area contributed by atoms with Crippen LogP contribution < -0.4 is 15.4 Å². The van der Waals surface area contributed by atoms with Crippen LogP contribution in [0.5, 0.6) is 5.75 Å². The lowest BCUT2D eigenvalue weighted by Gasteiger charge is -2.11. The zero-order valence-electron chi connectivity index (χ0n) is 17.5. The van der Waals surface area contributed by atoms with Gasteiger partial charge < -0.3 is 25.1 Å². The number of hydrogen-bond acceptors (Lipinski definition) is 7. The van der Waals surface area contributed by atoms with E-state index in [9.17, 15) is 4.79 Å². The maximum atomic E-state index is 12.7. The van der Waals surface area contributed by atoms with E-state index in [0.717, 1.165) is 31.9 Å². The van der Waals surface area contributed by atoms with E-state index in [4.69, 9.17) is 9.47 Å². The van der Waals surface area contributed by atoms with Gasteiger partial charge in [-0.3, -0.25) is 9.79 Å². The fourth-order valence-corrected chi connectivity index (χ4v) is 4.27. The van der Waals surface area contributed by atoms with Gasteiger partial charge in [0, 0.05) is 32.3 Å². The van der Waals surface area contributed by atoms with E-state index in [0.29, 0.717) is 16.3 Å².